The summed E-state index contributed by atoms with van der Waals surface area (Å²) in [4.78, 5) is 73.3. The molecule has 0 aromatic heterocycles. The van der Waals surface area contributed by atoms with Gasteiger partial charge in [0.15, 0.2) is 12.2 Å². The monoisotopic (exact) mass is 1600 g/mol. The summed E-state index contributed by atoms with van der Waals surface area (Å²) in [6.45, 7) is 4.40. The van der Waals surface area contributed by atoms with Crippen molar-refractivity contribution in [1.82, 2.24) is 0 Å². The Hall–Kier alpha value is -6.10. The lowest BCUT2D eigenvalue weighted by Gasteiger charge is -2.21. The van der Waals surface area contributed by atoms with Gasteiger partial charge in [-0.2, -0.15) is 0 Å². The topological polar surface area (TPSA) is 237 Å². The molecule has 0 aliphatic carbocycles. The number of rotatable bonds is 78. The molecule has 112 heavy (non-hydrogen) atoms. The van der Waals surface area contributed by atoms with Gasteiger partial charge in [-0.3, -0.25) is 37.3 Å². The number of phosphoric acid groups is 2. The number of aliphatic hydroxyl groups excluding tert-OH is 1. The summed E-state index contributed by atoms with van der Waals surface area (Å²) < 4.78 is 68.8. The number of ether oxygens (including phenoxy) is 4. The van der Waals surface area contributed by atoms with Gasteiger partial charge in [0.2, 0.25) is 0 Å². The van der Waals surface area contributed by atoms with E-state index in [4.69, 9.17) is 37.0 Å². The van der Waals surface area contributed by atoms with E-state index in [0.29, 0.717) is 25.7 Å². The number of allylic oxidation sites excluding steroid dienone is 32. The van der Waals surface area contributed by atoms with E-state index in [1.54, 1.807) is 0 Å². The molecule has 0 rings (SSSR count). The molecule has 0 aliphatic rings. The Morgan fingerprint density at radius 2 is 0.464 bits per heavy atom. The van der Waals surface area contributed by atoms with Crippen LogP contribution in [0.25, 0.3) is 0 Å². The molecular weight excluding hydrogens is 1450 g/mol. The lowest BCUT2D eigenvalue weighted by molar-refractivity contribution is -0.161. The molecule has 0 bridgehead atoms. The van der Waals surface area contributed by atoms with E-state index in [9.17, 15) is 43.2 Å². The highest BCUT2D eigenvalue weighted by atomic mass is 31.2. The standard InChI is InChI=1S/C93H150O17P2/c1-5-9-13-17-21-25-29-33-37-40-43-46-50-53-57-61-65-69-73-77-90(95)103-83-88(109-92(97)79-75-71-67-63-59-55-49-36-32-28-24-20-16-12-8-4)85-107-111(99,100)105-81-87(94)82-106-112(101,102)108-86-89(110-93(98)80-76-72-68-64-60-56-52-48-45-42-39-35-31-27-23-19-15-11-7-3)84-104-91(96)78-74-70-66-62-58-54-51-47-44-41-38-34-30-26-22-18-14-10-6-2/h9-11,13-15,21-28,33-39,43-49,54,56,58,60,87-89,94H,5-8,12,16-20,29-32,40-42,50-53,55,57,59,61-86H2,1-4H3,(H,99,100)(H,101,102)/b13-9-,14-10-,15-11-,25-21-,26-22-,27-23-,28-24-,37-33-,38-34-,39-35-,46-43-,47-44-,48-45-,49-36-,58-54-,60-56-. The first-order valence-electron chi connectivity index (χ1n) is 42.7. The molecule has 17 nitrogen and oxygen atoms in total. The average molecular weight is 1600 g/mol. The largest absolute Gasteiger partial charge is 0.472 e. The molecule has 0 saturated carbocycles. The highest BCUT2D eigenvalue weighted by Gasteiger charge is 2.30. The van der Waals surface area contributed by atoms with Gasteiger partial charge >= 0.3 is 39.5 Å². The van der Waals surface area contributed by atoms with Gasteiger partial charge in [-0.05, 0) is 186 Å². The van der Waals surface area contributed by atoms with E-state index in [1.165, 1.54) is 19.3 Å². The van der Waals surface area contributed by atoms with Crippen molar-refractivity contribution in [3.63, 3.8) is 0 Å². The number of esters is 4. The number of hydrogen-bond acceptors (Lipinski definition) is 15. The van der Waals surface area contributed by atoms with E-state index in [0.717, 1.165) is 212 Å². The Balaban J connectivity index is 5.49. The van der Waals surface area contributed by atoms with Crippen molar-refractivity contribution in [3.05, 3.63) is 194 Å². The maximum absolute atomic E-state index is 13.2. The number of unbranched alkanes of at least 4 members (excludes halogenated alkanes) is 20. The lowest BCUT2D eigenvalue weighted by atomic mass is 10.1. The molecule has 0 heterocycles. The zero-order chi connectivity index (χ0) is 81.7. The fraction of sp³-hybridized carbons (Fsp3) is 0.613. The number of hydrogen-bond donors (Lipinski definition) is 3. The van der Waals surface area contributed by atoms with Gasteiger partial charge in [0.25, 0.3) is 0 Å². The maximum atomic E-state index is 13.2. The second kappa shape index (κ2) is 82.9. The Bertz CT molecular complexity index is 2890. The third-order valence-electron chi connectivity index (χ3n) is 17.0. The van der Waals surface area contributed by atoms with Crippen LogP contribution in [0.2, 0.25) is 0 Å². The zero-order valence-electron chi connectivity index (χ0n) is 69.5. The van der Waals surface area contributed by atoms with Gasteiger partial charge in [0, 0.05) is 25.7 Å². The summed E-state index contributed by atoms with van der Waals surface area (Å²) in [5, 5.41) is 10.7. The second-order valence-corrected chi connectivity index (χ2v) is 30.5. The Labute approximate surface area is 678 Å². The van der Waals surface area contributed by atoms with Crippen LogP contribution in [-0.4, -0.2) is 96.7 Å². The van der Waals surface area contributed by atoms with Crippen molar-refractivity contribution < 1.29 is 80.2 Å². The number of phosphoric ester groups is 2. The highest BCUT2D eigenvalue weighted by molar-refractivity contribution is 7.47. The summed E-state index contributed by atoms with van der Waals surface area (Å²) >= 11 is 0. The van der Waals surface area contributed by atoms with Crippen molar-refractivity contribution in [1.29, 1.82) is 0 Å². The number of carbonyl (C=O) groups is 4. The molecule has 0 aliphatic heterocycles. The molecule has 634 valence electrons. The quantitative estimate of drug-likeness (QED) is 0.0169. The molecule has 0 spiro atoms. The molecule has 19 heteroatoms. The minimum atomic E-state index is -5.01. The van der Waals surface area contributed by atoms with E-state index in [2.05, 4.69) is 222 Å². The van der Waals surface area contributed by atoms with Crippen molar-refractivity contribution in [3.8, 4) is 0 Å². The fourth-order valence-corrected chi connectivity index (χ4v) is 12.2. The third-order valence-corrected chi connectivity index (χ3v) is 18.9. The molecule has 0 aromatic rings. The lowest BCUT2D eigenvalue weighted by Crippen LogP contribution is -2.30. The maximum Gasteiger partial charge on any atom is 0.472 e. The van der Waals surface area contributed by atoms with Crippen LogP contribution in [0.1, 0.15) is 310 Å². The smallest absolute Gasteiger partial charge is 0.462 e. The van der Waals surface area contributed by atoms with E-state index >= 15 is 0 Å². The van der Waals surface area contributed by atoms with Crippen molar-refractivity contribution >= 4 is 39.5 Å². The van der Waals surface area contributed by atoms with Crippen molar-refractivity contribution in [2.45, 2.75) is 329 Å². The predicted octanol–water partition coefficient (Wildman–Crippen LogP) is 25.7. The highest BCUT2D eigenvalue weighted by Crippen LogP contribution is 2.45. The summed E-state index contributed by atoms with van der Waals surface area (Å²) in [5.74, 6) is -2.29. The number of aliphatic hydroxyl groups is 1. The Morgan fingerprint density at radius 1 is 0.259 bits per heavy atom. The minimum absolute atomic E-state index is 0.0397. The van der Waals surface area contributed by atoms with E-state index in [-0.39, 0.29) is 25.7 Å². The summed E-state index contributed by atoms with van der Waals surface area (Å²) in [5.41, 5.74) is 0. The van der Waals surface area contributed by atoms with Crippen molar-refractivity contribution in [2.75, 3.05) is 39.6 Å². The van der Waals surface area contributed by atoms with Crippen LogP contribution in [0.4, 0.5) is 0 Å². The molecule has 0 fully saturated rings. The molecule has 5 atom stereocenters. The molecular formula is C93H150O17P2. The van der Waals surface area contributed by atoms with Crippen LogP contribution >= 0.6 is 15.6 Å². The van der Waals surface area contributed by atoms with Gasteiger partial charge in [0.05, 0.1) is 26.4 Å². The van der Waals surface area contributed by atoms with Crippen LogP contribution in [0.3, 0.4) is 0 Å². The average Bonchev–Trinajstić information content (AvgIpc) is 0.898. The third kappa shape index (κ3) is 81.9. The van der Waals surface area contributed by atoms with E-state index < -0.39 is 97.5 Å². The summed E-state index contributed by atoms with van der Waals surface area (Å²) in [6.07, 6.45) is 102. The first-order chi connectivity index (χ1) is 54.7. The molecule has 0 radical (unpaired) electrons. The second-order valence-electron chi connectivity index (χ2n) is 27.6. The van der Waals surface area contributed by atoms with E-state index in [1.807, 2.05) is 0 Å². The minimum Gasteiger partial charge on any atom is -0.462 e. The first kappa shape index (κ1) is 106. The number of carbonyl (C=O) groups excluding carboxylic acids is 4. The first-order valence-corrected chi connectivity index (χ1v) is 45.7. The summed E-state index contributed by atoms with van der Waals surface area (Å²) in [7, 11) is -10.0. The fourth-order valence-electron chi connectivity index (χ4n) is 10.6. The van der Waals surface area contributed by atoms with Gasteiger partial charge < -0.3 is 33.8 Å². The Kier molecular flexibility index (Phi) is 78.4. The molecule has 0 saturated heterocycles. The van der Waals surface area contributed by atoms with Gasteiger partial charge in [-0.25, -0.2) is 9.13 Å². The molecule has 0 amide bonds. The van der Waals surface area contributed by atoms with Gasteiger partial charge in [-0.1, -0.05) is 293 Å². The van der Waals surface area contributed by atoms with Crippen LogP contribution in [0, 0.1) is 0 Å². The van der Waals surface area contributed by atoms with Gasteiger partial charge in [0.1, 0.15) is 19.3 Å². The zero-order valence-corrected chi connectivity index (χ0v) is 71.3. The molecule has 0 aromatic carbocycles. The summed E-state index contributed by atoms with van der Waals surface area (Å²) in [6, 6.07) is 0. The molecule has 3 N–H and O–H groups in total. The van der Waals surface area contributed by atoms with Crippen LogP contribution in [0.15, 0.2) is 194 Å². The van der Waals surface area contributed by atoms with Crippen LogP contribution in [-0.2, 0) is 65.4 Å². The Morgan fingerprint density at radius 3 is 0.723 bits per heavy atom. The van der Waals surface area contributed by atoms with Crippen LogP contribution in [0.5, 0.6) is 0 Å². The van der Waals surface area contributed by atoms with Crippen molar-refractivity contribution in [2.24, 2.45) is 0 Å². The normalized spacial score (nSPS) is 14.7. The van der Waals surface area contributed by atoms with Gasteiger partial charge in [-0.15, -0.1) is 0 Å². The predicted molar refractivity (Wildman–Crippen MR) is 463 cm³/mol. The SMILES string of the molecule is CC/C=C\C/C=C\C/C=C\C/C=C\C/C=C\CCCCCC(=O)OCC(COP(=O)(O)OCC(O)COP(=O)(O)OCC(COC(=O)CCCCCCCC/C=C\C/C=C\C/C=C\C/C=C\CC)OC(=O)CCCCCCC/C=C\C/C=C\CCCCC)OC(=O)CCCCC/C=C\C/C=C\C/C=C\C/C=C\C/C=C\CC. The molecule has 5 unspecified atom stereocenters. The van der Waals surface area contributed by atoms with Crippen LogP contribution < -0.4 is 0 Å².